The fourth-order valence-electron chi connectivity index (χ4n) is 2.54. The molecular formula is C20H26N4O5S. The van der Waals surface area contributed by atoms with Crippen molar-refractivity contribution in [1.82, 2.24) is 10.0 Å². The van der Waals surface area contributed by atoms with Gasteiger partial charge in [0.25, 0.3) is 0 Å². The van der Waals surface area contributed by atoms with Crippen molar-refractivity contribution in [2.45, 2.75) is 38.3 Å². The molecule has 0 aliphatic rings. The summed E-state index contributed by atoms with van der Waals surface area (Å²) in [5.74, 6) is 0.0142. The number of hydrogen-bond acceptors (Lipinski definition) is 5. The molecule has 0 aliphatic heterocycles. The molecule has 0 atom stereocenters. The Kier molecular flexibility index (Phi) is 7.79. The number of urea groups is 1. The number of rotatable bonds is 8. The van der Waals surface area contributed by atoms with E-state index in [-0.39, 0.29) is 35.1 Å². The molecule has 0 aliphatic carbocycles. The van der Waals surface area contributed by atoms with Gasteiger partial charge >= 0.3 is 6.03 Å². The summed E-state index contributed by atoms with van der Waals surface area (Å²) in [5, 5.41) is 7.96. The molecule has 0 saturated carbocycles. The van der Waals surface area contributed by atoms with Crippen LogP contribution < -0.4 is 25.4 Å². The van der Waals surface area contributed by atoms with Gasteiger partial charge in [0.1, 0.15) is 5.75 Å². The molecule has 0 unspecified atom stereocenters. The number of hydrogen-bond donors (Lipinski definition) is 4. The minimum Gasteiger partial charge on any atom is -0.495 e. The second kappa shape index (κ2) is 10.1. The van der Waals surface area contributed by atoms with E-state index in [1.54, 1.807) is 24.3 Å². The number of ether oxygens (including phenoxy) is 1. The van der Waals surface area contributed by atoms with Gasteiger partial charge in [-0.25, -0.2) is 17.9 Å². The molecule has 0 radical (unpaired) electrons. The van der Waals surface area contributed by atoms with Gasteiger partial charge in [-0.05, 0) is 49.7 Å². The second-order valence-corrected chi connectivity index (χ2v) is 8.58. The predicted molar refractivity (Wildman–Crippen MR) is 115 cm³/mol. The fourth-order valence-corrected chi connectivity index (χ4v) is 3.58. The van der Waals surface area contributed by atoms with Gasteiger partial charge in [0.15, 0.2) is 0 Å². The molecule has 10 heteroatoms. The van der Waals surface area contributed by atoms with Gasteiger partial charge in [-0.3, -0.25) is 4.79 Å². The fraction of sp³-hybridized carbons (Fsp3) is 0.300. The molecule has 0 aromatic heterocycles. The molecular weight excluding hydrogens is 408 g/mol. The number of methoxy groups -OCH3 is 1. The van der Waals surface area contributed by atoms with E-state index in [1.807, 2.05) is 13.8 Å². The van der Waals surface area contributed by atoms with E-state index in [2.05, 4.69) is 20.7 Å². The molecule has 4 N–H and O–H groups in total. The predicted octanol–water partition coefficient (Wildman–Crippen LogP) is 2.66. The Morgan fingerprint density at radius 2 is 1.70 bits per heavy atom. The lowest BCUT2D eigenvalue weighted by atomic mass is 10.2. The molecule has 2 aromatic rings. The van der Waals surface area contributed by atoms with Gasteiger partial charge in [0.05, 0.1) is 17.7 Å². The molecule has 0 fully saturated rings. The van der Waals surface area contributed by atoms with Gasteiger partial charge in [-0.15, -0.1) is 0 Å². The number of sulfonamides is 1. The van der Waals surface area contributed by atoms with Crippen molar-refractivity contribution in [3.8, 4) is 5.75 Å². The zero-order valence-corrected chi connectivity index (χ0v) is 18.1. The first-order valence-electron chi connectivity index (χ1n) is 9.22. The molecule has 30 heavy (non-hydrogen) atoms. The van der Waals surface area contributed by atoms with Gasteiger partial charge in [0.2, 0.25) is 15.9 Å². The molecule has 0 saturated heterocycles. The number of amides is 3. The maximum atomic E-state index is 12.6. The first-order valence-corrected chi connectivity index (χ1v) is 10.7. The molecule has 0 heterocycles. The third-order valence-electron chi connectivity index (χ3n) is 3.89. The van der Waals surface area contributed by atoms with Crippen LogP contribution in [0.1, 0.15) is 26.3 Å². The normalized spacial score (nSPS) is 11.1. The lowest BCUT2D eigenvalue weighted by Crippen LogP contribution is -2.34. The summed E-state index contributed by atoms with van der Waals surface area (Å²) in [4.78, 5) is 23.0. The first kappa shape index (κ1) is 23.2. The van der Waals surface area contributed by atoms with E-state index in [0.29, 0.717) is 17.0 Å². The van der Waals surface area contributed by atoms with Crippen molar-refractivity contribution in [1.29, 1.82) is 0 Å². The minimum atomic E-state index is -3.82. The number of benzene rings is 2. The Morgan fingerprint density at radius 1 is 1.03 bits per heavy atom. The maximum absolute atomic E-state index is 12.6. The lowest BCUT2D eigenvalue weighted by Gasteiger charge is -2.13. The van der Waals surface area contributed by atoms with Crippen molar-refractivity contribution < 1.29 is 22.7 Å². The van der Waals surface area contributed by atoms with Gasteiger partial charge in [0, 0.05) is 25.2 Å². The summed E-state index contributed by atoms with van der Waals surface area (Å²) in [6, 6.07) is 10.7. The quantitative estimate of drug-likeness (QED) is 0.508. The number of nitrogens with one attached hydrogen (secondary N) is 4. The summed E-state index contributed by atoms with van der Waals surface area (Å²) in [5.41, 5.74) is 1.57. The highest BCUT2D eigenvalue weighted by Crippen LogP contribution is 2.27. The second-order valence-electron chi connectivity index (χ2n) is 6.82. The molecule has 9 nitrogen and oxygen atoms in total. The van der Waals surface area contributed by atoms with E-state index in [4.69, 9.17) is 4.74 Å². The molecule has 2 aromatic carbocycles. The highest BCUT2D eigenvalue weighted by molar-refractivity contribution is 7.89. The van der Waals surface area contributed by atoms with Crippen LogP contribution >= 0.6 is 0 Å². The average molecular weight is 435 g/mol. The Labute approximate surface area is 176 Å². The van der Waals surface area contributed by atoms with Gasteiger partial charge in [-0.1, -0.05) is 12.1 Å². The summed E-state index contributed by atoms with van der Waals surface area (Å²) in [6.45, 7) is 5.10. The van der Waals surface area contributed by atoms with E-state index < -0.39 is 10.0 Å². The highest BCUT2D eigenvalue weighted by Gasteiger charge is 2.17. The molecule has 2 rings (SSSR count). The summed E-state index contributed by atoms with van der Waals surface area (Å²) >= 11 is 0. The topological polar surface area (TPSA) is 126 Å². The lowest BCUT2D eigenvalue weighted by molar-refractivity contribution is -0.114. The van der Waals surface area contributed by atoms with Crippen LogP contribution in [-0.2, 0) is 21.4 Å². The Hall–Kier alpha value is -3.11. The third kappa shape index (κ3) is 6.75. The maximum Gasteiger partial charge on any atom is 0.319 e. The Balaban J connectivity index is 2.06. The van der Waals surface area contributed by atoms with E-state index in [0.717, 1.165) is 0 Å². The summed E-state index contributed by atoms with van der Waals surface area (Å²) in [7, 11) is -2.39. The highest BCUT2D eigenvalue weighted by atomic mass is 32.2. The zero-order valence-electron chi connectivity index (χ0n) is 17.3. The van der Waals surface area contributed by atoms with Gasteiger partial charge < -0.3 is 20.7 Å². The first-order chi connectivity index (χ1) is 14.1. The average Bonchev–Trinajstić information content (AvgIpc) is 2.66. The van der Waals surface area contributed by atoms with Crippen LogP contribution in [0.5, 0.6) is 5.75 Å². The van der Waals surface area contributed by atoms with Crippen molar-refractivity contribution in [2.75, 3.05) is 17.7 Å². The van der Waals surface area contributed by atoms with E-state index in [1.165, 1.54) is 32.2 Å². The number of carbonyl (C=O) groups is 2. The molecule has 162 valence electrons. The van der Waals surface area contributed by atoms with E-state index >= 15 is 0 Å². The van der Waals surface area contributed by atoms with Gasteiger partial charge in [-0.2, -0.15) is 0 Å². The van der Waals surface area contributed by atoms with Crippen LogP contribution in [0.25, 0.3) is 0 Å². The monoisotopic (exact) mass is 434 g/mol. The number of anilines is 2. The van der Waals surface area contributed by atoms with Crippen LogP contribution in [0.15, 0.2) is 47.4 Å². The zero-order chi connectivity index (χ0) is 22.3. The molecule has 0 bridgehead atoms. The minimum absolute atomic E-state index is 0.00399. The SMILES string of the molecule is COc1ccc(S(=O)(=O)NCc2ccc(NC(=O)NC(C)C)cc2)cc1NC(C)=O. The van der Waals surface area contributed by atoms with E-state index in [9.17, 15) is 18.0 Å². The summed E-state index contributed by atoms with van der Waals surface area (Å²) in [6.07, 6.45) is 0. The third-order valence-corrected chi connectivity index (χ3v) is 5.29. The largest absolute Gasteiger partial charge is 0.495 e. The van der Waals surface area contributed by atoms with Crippen molar-refractivity contribution in [3.63, 3.8) is 0 Å². The standard InChI is InChI=1S/C20H26N4O5S/c1-13(2)22-20(26)24-16-7-5-15(6-8-16)12-21-30(27,28)17-9-10-19(29-4)18(11-17)23-14(3)25/h5-11,13,21H,12H2,1-4H3,(H,23,25)(H2,22,24,26). The summed E-state index contributed by atoms with van der Waals surface area (Å²) < 4.78 is 32.9. The Morgan fingerprint density at radius 3 is 2.27 bits per heavy atom. The smallest absolute Gasteiger partial charge is 0.319 e. The van der Waals surface area contributed by atoms with Crippen LogP contribution in [-0.4, -0.2) is 33.5 Å². The van der Waals surface area contributed by atoms with Crippen molar-refractivity contribution in [2.24, 2.45) is 0 Å². The van der Waals surface area contributed by atoms with Crippen molar-refractivity contribution in [3.05, 3.63) is 48.0 Å². The molecule has 3 amide bonds. The van der Waals surface area contributed by atoms with Crippen molar-refractivity contribution >= 4 is 33.3 Å². The van der Waals surface area contributed by atoms with Crippen LogP contribution in [0.2, 0.25) is 0 Å². The number of carbonyl (C=O) groups excluding carboxylic acids is 2. The Bertz CT molecular complexity index is 1000. The van der Waals surface area contributed by atoms with Crippen LogP contribution in [0, 0.1) is 0 Å². The van der Waals surface area contributed by atoms with Crippen LogP contribution in [0.3, 0.4) is 0 Å². The molecule has 0 spiro atoms. The van der Waals surface area contributed by atoms with Crippen LogP contribution in [0.4, 0.5) is 16.2 Å².